The second-order valence-electron chi connectivity index (χ2n) is 7.35. The Kier molecular flexibility index (Phi) is 4.37. The molecule has 120 valence electrons. The summed E-state index contributed by atoms with van der Waals surface area (Å²) < 4.78 is 6.39. The molecule has 0 radical (unpaired) electrons. The second kappa shape index (κ2) is 5.66. The van der Waals surface area contributed by atoms with Crippen LogP contribution >= 0.6 is 23.6 Å². The van der Waals surface area contributed by atoms with Crippen LogP contribution in [0.15, 0.2) is 12.1 Å². The molecule has 0 aliphatic heterocycles. The van der Waals surface area contributed by atoms with Gasteiger partial charge in [-0.05, 0) is 46.5 Å². The van der Waals surface area contributed by atoms with Crippen molar-refractivity contribution in [2.75, 3.05) is 0 Å². The molecule has 0 fully saturated rings. The van der Waals surface area contributed by atoms with Gasteiger partial charge in [-0.25, -0.2) is 0 Å². The number of aromatic amines is 1. The predicted octanol–water partition coefficient (Wildman–Crippen LogP) is 5.29. The van der Waals surface area contributed by atoms with Crippen molar-refractivity contribution < 1.29 is 9.84 Å². The molecule has 2 N–H and O–H groups in total. The summed E-state index contributed by atoms with van der Waals surface area (Å²) in [6, 6.07) is 3.74. The van der Waals surface area contributed by atoms with E-state index in [1.54, 1.807) is 0 Å². The predicted molar refractivity (Wildman–Crippen MR) is 92.9 cm³/mol. The van der Waals surface area contributed by atoms with Gasteiger partial charge in [0.2, 0.25) is 0 Å². The van der Waals surface area contributed by atoms with E-state index < -0.39 is 0 Å². The molecule has 0 unspecified atom stereocenters. The number of rotatable bonds is 2. The first kappa shape index (κ1) is 17.0. The van der Waals surface area contributed by atoms with Crippen molar-refractivity contribution in [1.82, 2.24) is 10.2 Å². The molecule has 0 amide bonds. The van der Waals surface area contributed by atoms with Crippen LogP contribution in [0.5, 0.6) is 16.7 Å². The zero-order chi connectivity index (χ0) is 16.7. The van der Waals surface area contributed by atoms with Gasteiger partial charge in [0, 0.05) is 11.1 Å². The summed E-state index contributed by atoms with van der Waals surface area (Å²) in [6.45, 7) is 12.4. The van der Waals surface area contributed by atoms with Crippen LogP contribution in [-0.2, 0) is 10.8 Å². The lowest BCUT2D eigenvalue weighted by molar-refractivity contribution is 0.414. The number of nitrogens with zero attached hydrogens (tertiary/aromatic N) is 1. The van der Waals surface area contributed by atoms with Gasteiger partial charge in [-0.3, -0.25) is 5.10 Å². The fourth-order valence-corrected chi connectivity index (χ4v) is 2.91. The number of hydrogen-bond donors (Lipinski definition) is 2. The maximum absolute atomic E-state index is 10.7. The maximum Gasteiger partial charge on any atom is 0.298 e. The Balaban J connectivity index is 2.57. The second-order valence-corrected chi connectivity index (χ2v) is 8.98. The lowest BCUT2D eigenvalue weighted by Gasteiger charge is -2.27. The average Bonchev–Trinajstić information content (AvgIpc) is 2.74. The van der Waals surface area contributed by atoms with E-state index in [2.05, 4.69) is 51.7 Å². The van der Waals surface area contributed by atoms with Crippen molar-refractivity contribution in [1.29, 1.82) is 0 Å². The van der Waals surface area contributed by atoms with Gasteiger partial charge >= 0.3 is 0 Å². The minimum atomic E-state index is -0.193. The average molecular weight is 338 g/mol. The van der Waals surface area contributed by atoms with Crippen molar-refractivity contribution in [2.45, 2.75) is 52.4 Å². The van der Waals surface area contributed by atoms with Crippen molar-refractivity contribution in [3.8, 4) is 16.7 Å². The first-order valence-electron chi connectivity index (χ1n) is 7.10. The van der Waals surface area contributed by atoms with E-state index in [0.717, 1.165) is 11.1 Å². The zero-order valence-electron chi connectivity index (χ0n) is 13.8. The number of ether oxygens (including phenoxy) is 1. The largest absolute Gasteiger partial charge is 0.507 e. The molecule has 1 aromatic heterocycles. The van der Waals surface area contributed by atoms with E-state index in [0.29, 0.717) is 20.6 Å². The number of benzene rings is 1. The molecule has 2 aromatic rings. The van der Waals surface area contributed by atoms with E-state index in [1.165, 1.54) is 11.3 Å². The maximum atomic E-state index is 10.7. The van der Waals surface area contributed by atoms with Gasteiger partial charge in [-0.15, -0.1) is 5.10 Å². The summed E-state index contributed by atoms with van der Waals surface area (Å²) in [5.74, 6) is 0.993. The molecular formula is C16H22N2O2S2. The highest BCUT2D eigenvalue weighted by molar-refractivity contribution is 7.73. The molecular weight excluding hydrogens is 316 g/mol. The fourth-order valence-electron chi connectivity index (χ4n) is 2.17. The fraction of sp³-hybridized carbons (Fsp3) is 0.500. The number of aromatic hydroxyl groups is 1. The molecule has 1 heterocycles. The minimum Gasteiger partial charge on any atom is -0.507 e. The summed E-state index contributed by atoms with van der Waals surface area (Å²) in [5.41, 5.74) is 1.33. The number of aromatic nitrogens is 2. The van der Waals surface area contributed by atoms with E-state index in [1.807, 2.05) is 12.1 Å². The van der Waals surface area contributed by atoms with Gasteiger partial charge in [0.15, 0.2) is 3.95 Å². The molecule has 0 bridgehead atoms. The number of phenols is 1. The van der Waals surface area contributed by atoms with Crippen molar-refractivity contribution >= 4 is 23.6 Å². The highest BCUT2D eigenvalue weighted by Gasteiger charge is 2.27. The van der Waals surface area contributed by atoms with Crippen LogP contribution in [-0.4, -0.2) is 15.3 Å². The highest BCUT2D eigenvalue weighted by Crippen LogP contribution is 2.42. The molecule has 4 nitrogen and oxygen atoms in total. The third-order valence-corrected chi connectivity index (χ3v) is 4.29. The van der Waals surface area contributed by atoms with Crippen LogP contribution in [0.3, 0.4) is 0 Å². The molecule has 0 saturated heterocycles. The van der Waals surface area contributed by atoms with Gasteiger partial charge in [0.1, 0.15) is 11.5 Å². The Labute approximate surface area is 140 Å². The number of nitrogens with one attached hydrogen (secondary N) is 1. The Morgan fingerprint density at radius 1 is 1.09 bits per heavy atom. The van der Waals surface area contributed by atoms with Crippen LogP contribution in [0.2, 0.25) is 0 Å². The molecule has 0 aliphatic carbocycles. The Morgan fingerprint density at radius 3 is 1.95 bits per heavy atom. The normalized spacial score (nSPS) is 12.5. The molecule has 0 saturated carbocycles. The topological polar surface area (TPSA) is 58.1 Å². The first-order chi connectivity index (χ1) is 9.98. The van der Waals surface area contributed by atoms with Gasteiger partial charge in [0.25, 0.3) is 5.19 Å². The monoisotopic (exact) mass is 338 g/mol. The number of hydrogen-bond acceptors (Lipinski definition) is 5. The Hall–Kier alpha value is -1.40. The SMILES string of the molecule is CC(C)(C)c1cc(Oc2n[nH]c(=S)s2)cc(C(C)(C)C)c1O. The highest BCUT2D eigenvalue weighted by atomic mass is 32.1. The quantitative estimate of drug-likeness (QED) is 0.730. The summed E-state index contributed by atoms with van der Waals surface area (Å²) in [7, 11) is 0. The standard InChI is InChI=1S/C16H22N2O2S2/c1-15(2,3)10-7-9(20-13-17-18-14(21)22-13)8-11(12(10)19)16(4,5)6/h7-8,19H,1-6H3,(H,18,21). The van der Waals surface area contributed by atoms with Gasteiger partial charge < -0.3 is 9.84 Å². The van der Waals surface area contributed by atoms with E-state index in [4.69, 9.17) is 17.0 Å². The number of phenolic OH excluding ortho intramolecular Hbond substituents is 1. The minimum absolute atomic E-state index is 0.193. The van der Waals surface area contributed by atoms with E-state index >= 15 is 0 Å². The van der Waals surface area contributed by atoms with Crippen molar-refractivity contribution in [2.24, 2.45) is 0 Å². The van der Waals surface area contributed by atoms with E-state index in [9.17, 15) is 5.11 Å². The lowest BCUT2D eigenvalue weighted by atomic mass is 9.79. The molecule has 0 atom stereocenters. The van der Waals surface area contributed by atoms with Crippen LogP contribution in [0, 0.1) is 3.95 Å². The van der Waals surface area contributed by atoms with Crippen LogP contribution < -0.4 is 4.74 Å². The Bertz CT molecular complexity index is 699. The summed E-state index contributed by atoms with van der Waals surface area (Å²) in [6.07, 6.45) is 0. The molecule has 22 heavy (non-hydrogen) atoms. The summed E-state index contributed by atoms with van der Waals surface area (Å²) in [4.78, 5) is 0. The van der Waals surface area contributed by atoms with Gasteiger partial charge in [-0.2, -0.15) is 0 Å². The lowest BCUT2D eigenvalue weighted by Crippen LogP contribution is -2.17. The van der Waals surface area contributed by atoms with Crippen LogP contribution in [0.1, 0.15) is 52.7 Å². The zero-order valence-corrected chi connectivity index (χ0v) is 15.4. The molecule has 0 aliphatic rings. The van der Waals surface area contributed by atoms with Crippen LogP contribution in [0.4, 0.5) is 0 Å². The Morgan fingerprint density at radius 2 is 1.59 bits per heavy atom. The van der Waals surface area contributed by atoms with Crippen molar-refractivity contribution in [3.63, 3.8) is 0 Å². The van der Waals surface area contributed by atoms with Crippen molar-refractivity contribution in [3.05, 3.63) is 27.2 Å². The molecule has 2 rings (SSSR count). The molecule has 1 aromatic carbocycles. The van der Waals surface area contributed by atoms with E-state index in [-0.39, 0.29) is 10.8 Å². The van der Waals surface area contributed by atoms with Crippen LogP contribution in [0.25, 0.3) is 0 Å². The third-order valence-electron chi connectivity index (χ3n) is 3.32. The third kappa shape index (κ3) is 3.67. The molecule has 6 heteroatoms. The van der Waals surface area contributed by atoms with Gasteiger partial charge in [0.05, 0.1) is 0 Å². The molecule has 0 spiro atoms. The summed E-state index contributed by atoms with van der Waals surface area (Å²) in [5, 5.41) is 17.9. The first-order valence-corrected chi connectivity index (χ1v) is 8.32. The number of H-pyrrole nitrogens is 1. The summed E-state index contributed by atoms with van der Waals surface area (Å²) >= 11 is 6.30. The smallest absolute Gasteiger partial charge is 0.298 e. The van der Waals surface area contributed by atoms with Gasteiger partial charge in [-0.1, -0.05) is 41.5 Å².